The van der Waals surface area contributed by atoms with E-state index in [1.165, 1.54) is 12.1 Å². The molecule has 1 rings (SSSR count). The molecule has 18 heavy (non-hydrogen) atoms. The van der Waals surface area contributed by atoms with Crippen LogP contribution in [0.4, 0.5) is 0 Å². The van der Waals surface area contributed by atoms with E-state index in [4.69, 9.17) is 11.6 Å². The summed E-state index contributed by atoms with van der Waals surface area (Å²) in [5, 5.41) is 9.37. The van der Waals surface area contributed by atoms with Crippen molar-refractivity contribution in [3.05, 3.63) is 29.3 Å². The highest BCUT2D eigenvalue weighted by atomic mass is 35.5. The predicted octanol–water partition coefficient (Wildman–Crippen LogP) is 2.03. The van der Waals surface area contributed by atoms with Gasteiger partial charge in [-0.05, 0) is 24.5 Å². The Morgan fingerprint density at radius 3 is 2.44 bits per heavy atom. The third-order valence-corrected chi connectivity index (χ3v) is 4.44. The number of aliphatic hydroxyl groups is 1. The van der Waals surface area contributed by atoms with Crippen LogP contribution < -0.4 is 4.72 Å². The number of hydrogen-bond donors (Lipinski definition) is 2. The second-order valence-electron chi connectivity index (χ2n) is 4.56. The lowest BCUT2D eigenvalue weighted by atomic mass is 10.1. The fourth-order valence-electron chi connectivity index (χ4n) is 1.67. The number of halogens is 1. The van der Waals surface area contributed by atoms with Crippen LogP contribution in [0.5, 0.6) is 0 Å². The van der Waals surface area contributed by atoms with Gasteiger partial charge in [-0.1, -0.05) is 37.6 Å². The molecule has 0 bridgehead atoms. The zero-order chi connectivity index (χ0) is 13.8. The van der Waals surface area contributed by atoms with Crippen molar-refractivity contribution >= 4 is 21.6 Å². The van der Waals surface area contributed by atoms with Gasteiger partial charge in [-0.2, -0.15) is 0 Å². The molecule has 0 aliphatic rings. The van der Waals surface area contributed by atoms with Crippen LogP contribution in [0.1, 0.15) is 20.3 Å². The number of sulfonamides is 1. The zero-order valence-corrected chi connectivity index (χ0v) is 12.0. The monoisotopic (exact) mass is 291 g/mol. The summed E-state index contributed by atoms with van der Waals surface area (Å²) in [6, 6.07) is 5.74. The number of hydrogen-bond acceptors (Lipinski definition) is 3. The minimum absolute atomic E-state index is 0.0360. The van der Waals surface area contributed by atoms with Gasteiger partial charge >= 0.3 is 0 Å². The maximum absolute atomic E-state index is 12.1. The maximum atomic E-state index is 12.1. The molecule has 0 amide bonds. The number of rotatable bonds is 6. The van der Waals surface area contributed by atoms with E-state index >= 15 is 0 Å². The predicted molar refractivity (Wildman–Crippen MR) is 72.1 cm³/mol. The fraction of sp³-hybridized carbons (Fsp3) is 0.500. The van der Waals surface area contributed by atoms with E-state index < -0.39 is 16.1 Å². The fourth-order valence-corrected chi connectivity index (χ4v) is 3.43. The molecule has 0 radical (unpaired) electrons. The van der Waals surface area contributed by atoms with E-state index in [2.05, 4.69) is 4.72 Å². The van der Waals surface area contributed by atoms with Gasteiger partial charge in [0.15, 0.2) is 0 Å². The van der Waals surface area contributed by atoms with Gasteiger partial charge in [-0.25, -0.2) is 13.1 Å². The third kappa shape index (κ3) is 4.24. The van der Waals surface area contributed by atoms with Crippen LogP contribution in [-0.2, 0) is 10.0 Å². The lowest BCUT2D eigenvalue weighted by Gasteiger charge is -2.18. The molecule has 0 saturated heterocycles. The first-order valence-electron chi connectivity index (χ1n) is 5.74. The van der Waals surface area contributed by atoms with Crippen LogP contribution in [0, 0.1) is 5.92 Å². The summed E-state index contributed by atoms with van der Waals surface area (Å²) in [5.41, 5.74) is 0. The van der Waals surface area contributed by atoms with Crippen molar-refractivity contribution < 1.29 is 13.5 Å². The lowest BCUT2D eigenvalue weighted by Crippen LogP contribution is -2.38. The molecule has 1 unspecified atom stereocenters. The number of aliphatic hydroxyl groups excluding tert-OH is 1. The van der Waals surface area contributed by atoms with E-state index in [0.29, 0.717) is 6.42 Å². The SMILES string of the molecule is CC(C)CC(CO)NS(=O)(=O)c1ccccc1Cl. The molecule has 0 saturated carbocycles. The van der Waals surface area contributed by atoms with Crippen molar-refractivity contribution in [2.24, 2.45) is 5.92 Å². The highest BCUT2D eigenvalue weighted by Crippen LogP contribution is 2.21. The number of nitrogens with one attached hydrogen (secondary N) is 1. The Hall–Kier alpha value is -0.620. The minimum Gasteiger partial charge on any atom is -0.395 e. The van der Waals surface area contributed by atoms with Gasteiger partial charge in [0.05, 0.1) is 11.6 Å². The van der Waals surface area contributed by atoms with Crippen molar-refractivity contribution in [2.45, 2.75) is 31.2 Å². The molecule has 6 heteroatoms. The molecule has 1 aromatic carbocycles. The summed E-state index contributed by atoms with van der Waals surface area (Å²) < 4.78 is 26.7. The second-order valence-corrected chi connectivity index (χ2v) is 6.65. The van der Waals surface area contributed by atoms with Gasteiger partial charge < -0.3 is 5.11 Å². The van der Waals surface area contributed by atoms with Crippen LogP contribution in [-0.4, -0.2) is 26.2 Å². The largest absolute Gasteiger partial charge is 0.395 e. The Bertz CT molecular complexity index is 488. The molecule has 102 valence electrons. The lowest BCUT2D eigenvalue weighted by molar-refractivity contribution is 0.240. The van der Waals surface area contributed by atoms with Crippen molar-refractivity contribution in [3.8, 4) is 0 Å². The third-order valence-electron chi connectivity index (χ3n) is 2.42. The maximum Gasteiger partial charge on any atom is 0.242 e. The summed E-state index contributed by atoms with van der Waals surface area (Å²) in [6.07, 6.45) is 0.570. The smallest absolute Gasteiger partial charge is 0.242 e. The first kappa shape index (κ1) is 15.4. The second kappa shape index (κ2) is 6.52. The summed E-state index contributed by atoms with van der Waals surface area (Å²) in [7, 11) is -3.69. The van der Waals surface area contributed by atoms with Crippen molar-refractivity contribution in [1.29, 1.82) is 0 Å². The van der Waals surface area contributed by atoms with E-state index in [0.717, 1.165) is 0 Å². The molecule has 1 aromatic rings. The topological polar surface area (TPSA) is 66.4 Å². The van der Waals surface area contributed by atoms with Gasteiger partial charge in [0.1, 0.15) is 4.90 Å². The van der Waals surface area contributed by atoms with Crippen LogP contribution in [0.2, 0.25) is 5.02 Å². The van der Waals surface area contributed by atoms with Gasteiger partial charge in [0.2, 0.25) is 10.0 Å². The zero-order valence-electron chi connectivity index (χ0n) is 10.4. The molecular formula is C12H18ClNO3S. The Kier molecular flexibility index (Phi) is 5.59. The van der Waals surface area contributed by atoms with Crippen LogP contribution >= 0.6 is 11.6 Å². The molecule has 4 nitrogen and oxygen atoms in total. The van der Waals surface area contributed by atoms with Gasteiger partial charge in [0, 0.05) is 6.04 Å². The van der Waals surface area contributed by atoms with Gasteiger partial charge in [-0.15, -0.1) is 0 Å². The molecule has 0 aliphatic carbocycles. The Labute approximate surface area is 113 Å². The molecule has 0 aromatic heterocycles. The van der Waals surface area contributed by atoms with Crippen molar-refractivity contribution in [1.82, 2.24) is 4.72 Å². The van der Waals surface area contributed by atoms with E-state index in [1.807, 2.05) is 13.8 Å². The van der Waals surface area contributed by atoms with E-state index in [9.17, 15) is 13.5 Å². The highest BCUT2D eigenvalue weighted by Gasteiger charge is 2.22. The molecule has 0 aliphatic heterocycles. The summed E-state index contributed by atoms with van der Waals surface area (Å²) >= 11 is 5.86. The van der Waals surface area contributed by atoms with Crippen LogP contribution in [0.3, 0.4) is 0 Å². The standard InChI is InChI=1S/C12H18ClNO3S/c1-9(2)7-10(8-15)14-18(16,17)12-6-4-3-5-11(12)13/h3-6,9-10,14-15H,7-8H2,1-2H3. The minimum atomic E-state index is -3.69. The molecular weight excluding hydrogens is 274 g/mol. The highest BCUT2D eigenvalue weighted by molar-refractivity contribution is 7.89. The average Bonchev–Trinajstić information content (AvgIpc) is 2.27. The average molecular weight is 292 g/mol. The summed E-state index contributed by atoms with van der Waals surface area (Å²) in [6.45, 7) is 3.70. The van der Waals surface area contributed by atoms with Crippen molar-refractivity contribution in [2.75, 3.05) is 6.61 Å². The number of benzene rings is 1. The van der Waals surface area contributed by atoms with Crippen LogP contribution in [0.25, 0.3) is 0 Å². The van der Waals surface area contributed by atoms with Gasteiger partial charge in [0.25, 0.3) is 0 Å². The molecule has 0 fully saturated rings. The van der Waals surface area contributed by atoms with E-state index in [1.54, 1.807) is 12.1 Å². The first-order valence-corrected chi connectivity index (χ1v) is 7.60. The van der Waals surface area contributed by atoms with Crippen molar-refractivity contribution in [3.63, 3.8) is 0 Å². The summed E-state index contributed by atoms with van der Waals surface area (Å²) in [4.78, 5) is 0.0360. The molecule has 1 atom stereocenters. The first-order chi connectivity index (χ1) is 8.36. The quantitative estimate of drug-likeness (QED) is 0.843. The molecule has 2 N–H and O–H groups in total. The van der Waals surface area contributed by atoms with E-state index in [-0.39, 0.29) is 22.4 Å². The van der Waals surface area contributed by atoms with Gasteiger partial charge in [-0.3, -0.25) is 0 Å². The molecule has 0 spiro atoms. The normalized spacial score (nSPS) is 13.8. The molecule has 0 heterocycles. The Morgan fingerprint density at radius 1 is 1.33 bits per heavy atom. The van der Waals surface area contributed by atoms with Crippen LogP contribution in [0.15, 0.2) is 29.2 Å². The Morgan fingerprint density at radius 2 is 1.94 bits per heavy atom. The summed E-state index contributed by atoms with van der Waals surface area (Å²) in [5.74, 6) is 0.288. The Balaban J connectivity index is 2.91.